The minimum atomic E-state index is -1.13. The van der Waals surface area contributed by atoms with Crippen molar-refractivity contribution in [1.29, 1.82) is 0 Å². The zero-order valence-corrected chi connectivity index (χ0v) is 33.9. The van der Waals surface area contributed by atoms with Crippen LogP contribution in [0.3, 0.4) is 0 Å². The number of fused-ring (bicyclic) bond motifs is 7. The van der Waals surface area contributed by atoms with Crippen molar-refractivity contribution in [3.05, 3.63) is 42.2 Å². The molecule has 0 bridgehead atoms. The Morgan fingerprint density at radius 1 is 0.942 bits per heavy atom. The normalized spacial score (nSPS) is 43.7. The van der Waals surface area contributed by atoms with Crippen LogP contribution >= 0.6 is 0 Å². The molecular formula is C45H68N2O5. The smallest absolute Gasteiger partial charge is 0.309 e. The number of carboxylic acid groups (broad SMARTS) is 1. The fourth-order valence-corrected chi connectivity index (χ4v) is 14.3. The number of allylic oxidation sites excluding steroid dienone is 1. The molecule has 7 nitrogen and oxygen atoms in total. The van der Waals surface area contributed by atoms with Crippen molar-refractivity contribution >= 4 is 11.9 Å². The summed E-state index contributed by atoms with van der Waals surface area (Å²) >= 11 is 0. The zero-order valence-electron chi connectivity index (χ0n) is 33.9. The molecule has 1 saturated heterocycles. The molecule has 6 aliphatic rings. The molecule has 10 unspecified atom stereocenters. The molecule has 288 valence electrons. The number of carbonyl (C=O) groups is 2. The van der Waals surface area contributed by atoms with Crippen LogP contribution in [0.2, 0.25) is 0 Å². The molecule has 5 saturated carbocycles. The van der Waals surface area contributed by atoms with Crippen LogP contribution in [-0.2, 0) is 24.6 Å². The number of aromatic nitrogens is 1. The molecule has 0 aromatic carbocycles. The van der Waals surface area contributed by atoms with Crippen LogP contribution in [0, 0.1) is 62.1 Å². The van der Waals surface area contributed by atoms with Crippen LogP contribution in [-0.4, -0.2) is 40.5 Å². The van der Waals surface area contributed by atoms with Gasteiger partial charge in [-0.15, -0.1) is 0 Å². The lowest BCUT2D eigenvalue weighted by molar-refractivity contribution is -0.251. The minimum absolute atomic E-state index is 0.0516. The van der Waals surface area contributed by atoms with Gasteiger partial charge in [-0.2, -0.15) is 0 Å². The Morgan fingerprint density at radius 2 is 1.67 bits per heavy atom. The van der Waals surface area contributed by atoms with E-state index in [4.69, 9.17) is 9.47 Å². The molecule has 1 aromatic rings. The zero-order chi connectivity index (χ0) is 37.9. The summed E-state index contributed by atoms with van der Waals surface area (Å²) in [5.41, 5.74) is 1.62. The highest BCUT2D eigenvalue weighted by Gasteiger charge is 2.74. The number of rotatable bonds is 9. The SMILES string of the molecule is C=C(C)C1CCC2(C3O[C@@H]3NC(C)(C)c3ccccn3)CC[C@]3(C)C(CCC4C5(C)CCC(OC(=O)CC(C)(C)C(=O)O)C(C)(C)C5CCC43C)C12. The predicted molar refractivity (Wildman–Crippen MR) is 204 cm³/mol. The molecule has 2 heterocycles. The van der Waals surface area contributed by atoms with E-state index in [-0.39, 0.29) is 63.4 Å². The van der Waals surface area contributed by atoms with Crippen LogP contribution in [0.5, 0.6) is 0 Å². The first-order valence-corrected chi connectivity index (χ1v) is 20.6. The fraction of sp³-hybridized carbons (Fsp3) is 0.800. The molecule has 0 radical (unpaired) electrons. The molecule has 0 spiro atoms. The fourth-order valence-electron chi connectivity index (χ4n) is 14.3. The molecule has 1 aromatic heterocycles. The Bertz CT molecular complexity index is 1590. The Labute approximate surface area is 313 Å². The largest absolute Gasteiger partial charge is 0.481 e. The molecule has 5 aliphatic carbocycles. The number of pyridine rings is 1. The second kappa shape index (κ2) is 12.4. The average molecular weight is 717 g/mol. The van der Waals surface area contributed by atoms with Gasteiger partial charge in [0.05, 0.1) is 23.1 Å². The summed E-state index contributed by atoms with van der Waals surface area (Å²) in [6.07, 6.45) is 13.6. The number of epoxide rings is 1. The predicted octanol–water partition coefficient (Wildman–Crippen LogP) is 9.70. The highest BCUT2D eigenvalue weighted by Crippen LogP contribution is 2.78. The number of ether oxygens (including phenoxy) is 2. The Kier molecular flexibility index (Phi) is 9.06. The van der Waals surface area contributed by atoms with Crippen molar-refractivity contribution in [2.75, 3.05) is 0 Å². The number of nitrogens with one attached hydrogen (secondary N) is 1. The monoisotopic (exact) mass is 717 g/mol. The topological polar surface area (TPSA) is 101 Å². The van der Waals surface area contributed by atoms with Gasteiger partial charge >= 0.3 is 11.9 Å². The molecule has 1 aliphatic heterocycles. The molecule has 52 heavy (non-hydrogen) atoms. The van der Waals surface area contributed by atoms with E-state index in [1.165, 1.54) is 50.5 Å². The highest BCUT2D eigenvalue weighted by molar-refractivity contribution is 5.81. The summed E-state index contributed by atoms with van der Waals surface area (Å²) in [7, 11) is 0. The van der Waals surface area contributed by atoms with Crippen LogP contribution in [0.1, 0.15) is 146 Å². The van der Waals surface area contributed by atoms with Crippen molar-refractivity contribution in [3.8, 4) is 0 Å². The maximum atomic E-state index is 13.1. The van der Waals surface area contributed by atoms with Gasteiger partial charge in [0.2, 0.25) is 0 Å². The second-order valence-electron chi connectivity index (χ2n) is 21.1. The van der Waals surface area contributed by atoms with Gasteiger partial charge in [0.1, 0.15) is 18.4 Å². The van der Waals surface area contributed by atoms with Crippen LogP contribution in [0.15, 0.2) is 36.5 Å². The minimum Gasteiger partial charge on any atom is -0.481 e. The number of nitrogens with zero attached hydrogens (tertiary/aromatic N) is 1. The van der Waals surface area contributed by atoms with Gasteiger partial charge < -0.3 is 14.6 Å². The van der Waals surface area contributed by atoms with Crippen molar-refractivity contribution < 1.29 is 24.2 Å². The number of hydrogen-bond donors (Lipinski definition) is 2. The molecule has 7 rings (SSSR count). The maximum Gasteiger partial charge on any atom is 0.309 e. The molecule has 6 fully saturated rings. The summed E-state index contributed by atoms with van der Waals surface area (Å²) in [4.78, 5) is 29.6. The van der Waals surface area contributed by atoms with Crippen molar-refractivity contribution in [1.82, 2.24) is 10.3 Å². The number of hydrogen-bond acceptors (Lipinski definition) is 6. The van der Waals surface area contributed by atoms with Gasteiger partial charge in [0, 0.05) is 17.0 Å². The van der Waals surface area contributed by atoms with Crippen molar-refractivity contribution in [3.63, 3.8) is 0 Å². The summed E-state index contributed by atoms with van der Waals surface area (Å²) in [5, 5.41) is 13.5. The lowest BCUT2D eigenvalue weighted by Crippen LogP contribution is -2.67. The van der Waals surface area contributed by atoms with Crippen LogP contribution in [0.25, 0.3) is 0 Å². The van der Waals surface area contributed by atoms with Crippen molar-refractivity contribution in [2.24, 2.45) is 62.1 Å². The summed E-state index contributed by atoms with van der Waals surface area (Å²) in [6, 6.07) is 6.16. The molecule has 7 heteroatoms. The number of carbonyl (C=O) groups excluding carboxylic acids is 1. The first-order chi connectivity index (χ1) is 24.1. The van der Waals surface area contributed by atoms with E-state index in [1.54, 1.807) is 13.8 Å². The van der Waals surface area contributed by atoms with E-state index >= 15 is 0 Å². The lowest BCUT2D eigenvalue weighted by Gasteiger charge is -2.73. The standard InChI is InChI=1S/C45H68N2O5/c1-27(2)28-17-22-45(36-37(52-36)47-41(7,8)32-14-12-13-25-46-32)24-23-43(10)29(35(28)45)15-16-31-42(9)20-19-33(51-34(48)26-39(3,4)38(49)50)40(5,6)30(42)18-21-44(31,43)11/h12-14,25,28-31,33,35-37,47H,1,15-24,26H2,2-11H3,(H,49,50)/t28?,29?,30?,31?,33?,35?,36?,37-,42?,43+,44?,45?/m0/s1. The molecule has 0 amide bonds. The van der Waals surface area contributed by atoms with Gasteiger partial charge in [-0.25, -0.2) is 0 Å². The molecule has 12 atom stereocenters. The summed E-state index contributed by atoms with van der Waals surface area (Å²) < 4.78 is 13.0. The average Bonchev–Trinajstić information content (AvgIpc) is 3.70. The number of aliphatic carboxylic acids is 1. The van der Waals surface area contributed by atoms with Gasteiger partial charge in [0.15, 0.2) is 0 Å². The van der Waals surface area contributed by atoms with E-state index in [0.29, 0.717) is 29.6 Å². The Balaban J connectivity index is 1.13. The maximum absolute atomic E-state index is 13.1. The molecule has 2 N–H and O–H groups in total. The summed E-state index contributed by atoms with van der Waals surface area (Å²) in [6.45, 7) is 27.2. The third-order valence-electron chi connectivity index (χ3n) is 17.4. The van der Waals surface area contributed by atoms with Crippen molar-refractivity contribution in [2.45, 2.75) is 164 Å². The van der Waals surface area contributed by atoms with Gasteiger partial charge in [0.25, 0.3) is 0 Å². The third kappa shape index (κ3) is 5.58. The second-order valence-corrected chi connectivity index (χ2v) is 21.1. The van der Waals surface area contributed by atoms with Gasteiger partial charge in [-0.1, -0.05) is 52.8 Å². The van der Waals surface area contributed by atoms with Gasteiger partial charge in [-0.05, 0) is 157 Å². The molecular weight excluding hydrogens is 649 g/mol. The van der Waals surface area contributed by atoms with E-state index in [1.807, 2.05) is 12.3 Å². The third-order valence-corrected chi connectivity index (χ3v) is 17.4. The first kappa shape index (κ1) is 38.0. The number of esters is 1. The van der Waals surface area contributed by atoms with Crippen LogP contribution < -0.4 is 5.32 Å². The van der Waals surface area contributed by atoms with Gasteiger partial charge in [-0.3, -0.25) is 19.9 Å². The van der Waals surface area contributed by atoms with E-state index in [9.17, 15) is 14.7 Å². The quantitative estimate of drug-likeness (QED) is 0.149. The van der Waals surface area contributed by atoms with E-state index in [2.05, 4.69) is 84.4 Å². The van der Waals surface area contributed by atoms with E-state index < -0.39 is 11.4 Å². The van der Waals surface area contributed by atoms with Crippen LogP contribution in [0.4, 0.5) is 0 Å². The Hall–Kier alpha value is -2.25. The van der Waals surface area contributed by atoms with E-state index in [0.717, 1.165) is 25.0 Å². The lowest BCUT2D eigenvalue weighted by atomic mass is 9.32. The first-order valence-electron chi connectivity index (χ1n) is 20.6. The number of carboxylic acids is 1. The Morgan fingerprint density at radius 3 is 2.33 bits per heavy atom. The highest BCUT2D eigenvalue weighted by atomic mass is 16.6. The summed E-state index contributed by atoms with van der Waals surface area (Å²) in [5.74, 6) is 1.49.